The van der Waals surface area contributed by atoms with Gasteiger partial charge in [-0.05, 0) is 70.5 Å². The molecule has 2 saturated heterocycles. The molecule has 0 spiro atoms. The Morgan fingerprint density at radius 1 is 1.00 bits per heavy atom. The van der Waals surface area contributed by atoms with Crippen LogP contribution in [0.4, 0.5) is 4.39 Å². The van der Waals surface area contributed by atoms with E-state index in [4.69, 9.17) is 0 Å². The van der Waals surface area contributed by atoms with Crippen LogP contribution in [-0.4, -0.2) is 54.7 Å². The van der Waals surface area contributed by atoms with Crippen molar-refractivity contribution < 1.29 is 4.39 Å². The van der Waals surface area contributed by atoms with Gasteiger partial charge >= 0.3 is 0 Å². The first kappa shape index (κ1) is 16.2. The lowest BCUT2D eigenvalue weighted by Crippen LogP contribution is -2.47. The zero-order valence-corrected chi connectivity index (χ0v) is 13.8. The van der Waals surface area contributed by atoms with Crippen LogP contribution >= 0.6 is 0 Å². The van der Waals surface area contributed by atoms with Gasteiger partial charge in [-0.3, -0.25) is 0 Å². The zero-order valence-electron chi connectivity index (χ0n) is 13.8. The summed E-state index contributed by atoms with van der Waals surface area (Å²) in [5, 5.41) is 0. The molecule has 0 aromatic rings. The van der Waals surface area contributed by atoms with Gasteiger partial charge in [-0.15, -0.1) is 0 Å². The van der Waals surface area contributed by atoms with E-state index in [1.165, 1.54) is 25.9 Å². The Labute approximate surface area is 124 Å². The van der Waals surface area contributed by atoms with Crippen molar-refractivity contribution in [2.45, 2.75) is 59.2 Å². The van der Waals surface area contributed by atoms with E-state index >= 15 is 0 Å². The molecule has 0 aromatic carbocycles. The molecule has 2 heterocycles. The topological polar surface area (TPSA) is 6.48 Å². The molecule has 2 rings (SSSR count). The summed E-state index contributed by atoms with van der Waals surface area (Å²) in [6.07, 6.45) is 3.02. The van der Waals surface area contributed by atoms with Crippen LogP contribution in [0.25, 0.3) is 0 Å². The number of alkyl halides is 1. The maximum absolute atomic E-state index is 14.2. The molecule has 0 aromatic heterocycles. The molecule has 0 radical (unpaired) electrons. The van der Waals surface area contributed by atoms with Crippen molar-refractivity contribution in [1.82, 2.24) is 9.80 Å². The molecule has 2 nitrogen and oxygen atoms in total. The van der Waals surface area contributed by atoms with Crippen LogP contribution in [0, 0.1) is 17.8 Å². The van der Waals surface area contributed by atoms with Gasteiger partial charge in [-0.25, -0.2) is 4.39 Å². The van der Waals surface area contributed by atoms with Gasteiger partial charge in [0.05, 0.1) is 0 Å². The average molecular weight is 284 g/mol. The van der Waals surface area contributed by atoms with Crippen LogP contribution in [0.1, 0.15) is 47.0 Å². The highest BCUT2D eigenvalue weighted by Crippen LogP contribution is 2.29. The first-order chi connectivity index (χ1) is 9.47. The minimum absolute atomic E-state index is 0.286. The minimum atomic E-state index is -0.612. The Morgan fingerprint density at radius 2 is 1.65 bits per heavy atom. The Morgan fingerprint density at radius 3 is 2.15 bits per heavy atom. The Hall–Kier alpha value is -0.150. The third-order valence-electron chi connectivity index (χ3n) is 5.43. The Bertz CT molecular complexity index is 285. The molecule has 2 aliphatic heterocycles. The molecule has 0 unspecified atom stereocenters. The first-order valence-corrected chi connectivity index (χ1v) is 8.57. The summed E-state index contributed by atoms with van der Waals surface area (Å²) in [7, 11) is 0. The predicted molar refractivity (Wildman–Crippen MR) is 83.7 cm³/mol. The summed E-state index contributed by atoms with van der Waals surface area (Å²) in [5.74, 6) is 1.56. The monoisotopic (exact) mass is 284 g/mol. The van der Waals surface area contributed by atoms with Crippen LogP contribution in [0.2, 0.25) is 0 Å². The smallest absolute Gasteiger partial charge is 0.116 e. The number of nitrogens with zero attached hydrogens (tertiary/aromatic N) is 2. The molecule has 2 fully saturated rings. The number of hydrogen-bond acceptors (Lipinski definition) is 2. The van der Waals surface area contributed by atoms with Crippen molar-refractivity contribution in [2.75, 3.05) is 32.7 Å². The summed E-state index contributed by atoms with van der Waals surface area (Å²) in [5.41, 5.74) is 0. The molecule has 3 heteroatoms. The maximum atomic E-state index is 14.2. The Kier molecular flexibility index (Phi) is 5.85. The molecule has 118 valence electrons. The lowest BCUT2D eigenvalue weighted by Gasteiger charge is -2.40. The Balaban J connectivity index is 1.73. The second kappa shape index (κ2) is 7.22. The number of halogens is 1. The minimum Gasteiger partial charge on any atom is -0.301 e. The highest BCUT2D eigenvalue weighted by molar-refractivity contribution is 4.84. The normalized spacial score (nSPS) is 31.4. The van der Waals surface area contributed by atoms with E-state index in [2.05, 4.69) is 37.5 Å². The van der Waals surface area contributed by atoms with Crippen LogP contribution in [0.3, 0.4) is 0 Å². The molecule has 2 atom stereocenters. The number of rotatable bonds is 4. The van der Waals surface area contributed by atoms with Crippen LogP contribution in [0.5, 0.6) is 0 Å². The highest BCUT2D eigenvalue weighted by atomic mass is 19.1. The summed E-state index contributed by atoms with van der Waals surface area (Å²) in [6, 6.07) is 0.674. The molecule has 0 bridgehead atoms. The van der Waals surface area contributed by atoms with E-state index in [0.29, 0.717) is 18.5 Å². The summed E-state index contributed by atoms with van der Waals surface area (Å²) >= 11 is 0. The fourth-order valence-electron chi connectivity index (χ4n) is 3.92. The van der Waals surface area contributed by atoms with Crippen molar-refractivity contribution >= 4 is 0 Å². The van der Waals surface area contributed by atoms with E-state index in [-0.39, 0.29) is 5.92 Å². The SMILES string of the molecule is CC(C)[C@H]1CCN(CC2CCN(C(C)C)CC2)C[C@H]1F. The van der Waals surface area contributed by atoms with Gasteiger partial charge in [0.25, 0.3) is 0 Å². The first-order valence-electron chi connectivity index (χ1n) is 8.57. The largest absolute Gasteiger partial charge is 0.301 e. The molecule has 0 aliphatic carbocycles. The van der Waals surface area contributed by atoms with Crippen molar-refractivity contribution in [1.29, 1.82) is 0 Å². The molecule has 20 heavy (non-hydrogen) atoms. The summed E-state index contributed by atoms with van der Waals surface area (Å²) in [4.78, 5) is 4.96. The molecule has 0 saturated carbocycles. The van der Waals surface area contributed by atoms with Gasteiger partial charge in [-0.1, -0.05) is 13.8 Å². The van der Waals surface area contributed by atoms with Crippen molar-refractivity contribution in [3.05, 3.63) is 0 Å². The summed E-state index contributed by atoms with van der Waals surface area (Å²) in [6.45, 7) is 14.2. The van der Waals surface area contributed by atoms with Crippen molar-refractivity contribution in [3.8, 4) is 0 Å². The van der Waals surface area contributed by atoms with E-state index in [9.17, 15) is 4.39 Å². The van der Waals surface area contributed by atoms with Crippen LogP contribution in [0.15, 0.2) is 0 Å². The van der Waals surface area contributed by atoms with Gasteiger partial charge in [-0.2, -0.15) is 0 Å². The van der Waals surface area contributed by atoms with Crippen molar-refractivity contribution in [3.63, 3.8) is 0 Å². The van der Waals surface area contributed by atoms with E-state index in [1.54, 1.807) is 0 Å². The van der Waals surface area contributed by atoms with Crippen LogP contribution in [-0.2, 0) is 0 Å². The lowest BCUT2D eigenvalue weighted by atomic mass is 9.84. The van der Waals surface area contributed by atoms with E-state index in [1.807, 2.05) is 0 Å². The van der Waals surface area contributed by atoms with Crippen molar-refractivity contribution in [2.24, 2.45) is 17.8 Å². The summed E-state index contributed by atoms with van der Waals surface area (Å²) < 4.78 is 14.2. The zero-order chi connectivity index (χ0) is 14.7. The second-order valence-electron chi connectivity index (χ2n) is 7.55. The van der Waals surface area contributed by atoms with E-state index in [0.717, 1.165) is 25.4 Å². The molecule has 0 amide bonds. The fraction of sp³-hybridized carbons (Fsp3) is 1.00. The van der Waals surface area contributed by atoms with Gasteiger partial charge in [0.15, 0.2) is 0 Å². The molecule has 2 aliphatic rings. The van der Waals surface area contributed by atoms with E-state index < -0.39 is 6.17 Å². The molecular weight excluding hydrogens is 251 g/mol. The van der Waals surface area contributed by atoms with Gasteiger partial charge in [0.2, 0.25) is 0 Å². The molecule has 0 N–H and O–H groups in total. The third-order valence-corrected chi connectivity index (χ3v) is 5.43. The number of piperidine rings is 2. The maximum Gasteiger partial charge on any atom is 0.116 e. The fourth-order valence-corrected chi connectivity index (χ4v) is 3.92. The number of hydrogen-bond donors (Lipinski definition) is 0. The van der Waals surface area contributed by atoms with Gasteiger partial charge in [0.1, 0.15) is 6.17 Å². The number of likely N-dealkylation sites (tertiary alicyclic amines) is 2. The quantitative estimate of drug-likeness (QED) is 0.780. The third kappa shape index (κ3) is 4.17. The van der Waals surface area contributed by atoms with Gasteiger partial charge in [0, 0.05) is 19.1 Å². The average Bonchev–Trinajstić information content (AvgIpc) is 2.39. The highest BCUT2D eigenvalue weighted by Gasteiger charge is 2.32. The standard InChI is InChI=1S/C17H33FN2/c1-13(2)16-7-8-19(12-17(16)18)11-15-5-9-20(10-6-15)14(3)4/h13-17H,5-12H2,1-4H3/t16-,17-/m1/s1. The van der Waals surface area contributed by atoms with Gasteiger partial charge < -0.3 is 9.80 Å². The van der Waals surface area contributed by atoms with Crippen LogP contribution < -0.4 is 0 Å². The molecular formula is C17H33FN2. The predicted octanol–water partition coefficient (Wildman–Crippen LogP) is 3.42. The lowest BCUT2D eigenvalue weighted by molar-refractivity contribution is 0.0420. The second-order valence-corrected chi connectivity index (χ2v) is 7.55.